The first-order valence-corrected chi connectivity index (χ1v) is 6.76. The second-order valence-corrected chi connectivity index (χ2v) is 4.94. The van der Waals surface area contributed by atoms with Crippen LogP contribution in [0.4, 0.5) is 18.9 Å². The van der Waals surface area contributed by atoms with Crippen molar-refractivity contribution in [3.8, 4) is 5.75 Å². The average molecular weight is 302 g/mol. The van der Waals surface area contributed by atoms with Gasteiger partial charge < -0.3 is 15.4 Å². The Morgan fingerprint density at radius 2 is 2.10 bits per heavy atom. The molecule has 7 heteroatoms. The van der Waals surface area contributed by atoms with E-state index < -0.39 is 12.8 Å². The summed E-state index contributed by atoms with van der Waals surface area (Å²) >= 11 is 0. The molecule has 0 saturated carbocycles. The number of amides is 1. The monoisotopic (exact) mass is 302 g/mol. The van der Waals surface area contributed by atoms with Crippen LogP contribution in [-0.2, 0) is 4.79 Å². The molecule has 0 spiro atoms. The molecule has 2 rings (SSSR count). The van der Waals surface area contributed by atoms with Gasteiger partial charge in [-0.25, -0.2) is 0 Å². The zero-order chi connectivity index (χ0) is 15.3. The van der Waals surface area contributed by atoms with E-state index in [-0.39, 0.29) is 17.7 Å². The molecule has 1 aromatic rings. The number of rotatable bonds is 4. The molecule has 0 aromatic heterocycles. The Kier molecular flexibility index (Phi) is 4.93. The minimum Gasteiger partial charge on any atom is -0.482 e. The lowest BCUT2D eigenvalue weighted by Gasteiger charge is -2.19. The number of benzene rings is 1. The Morgan fingerprint density at radius 1 is 1.33 bits per heavy atom. The summed E-state index contributed by atoms with van der Waals surface area (Å²) in [5.41, 5.74) is 0.474. The maximum absolute atomic E-state index is 12.2. The van der Waals surface area contributed by atoms with Gasteiger partial charge in [-0.2, -0.15) is 13.2 Å². The molecule has 4 nitrogen and oxygen atoms in total. The van der Waals surface area contributed by atoms with E-state index in [1.54, 1.807) is 18.2 Å². The van der Waals surface area contributed by atoms with Gasteiger partial charge in [-0.15, -0.1) is 0 Å². The highest BCUT2D eigenvalue weighted by Gasteiger charge is 2.29. The minimum absolute atomic E-state index is 0.0568. The summed E-state index contributed by atoms with van der Waals surface area (Å²) < 4.78 is 41.5. The number of nitrogens with one attached hydrogen (secondary N) is 2. The summed E-state index contributed by atoms with van der Waals surface area (Å²) in [7, 11) is 0. The summed E-state index contributed by atoms with van der Waals surface area (Å²) in [6.45, 7) is -0.708. The Bertz CT molecular complexity index is 491. The zero-order valence-electron chi connectivity index (χ0n) is 11.4. The van der Waals surface area contributed by atoms with Gasteiger partial charge >= 0.3 is 6.18 Å². The molecule has 1 atom stereocenters. The molecule has 1 aliphatic rings. The van der Waals surface area contributed by atoms with E-state index in [9.17, 15) is 18.0 Å². The number of ether oxygens (including phenoxy) is 1. The van der Waals surface area contributed by atoms with Crippen molar-refractivity contribution in [1.29, 1.82) is 0 Å². The van der Waals surface area contributed by atoms with Crippen LogP contribution in [-0.4, -0.2) is 31.3 Å². The zero-order valence-corrected chi connectivity index (χ0v) is 11.4. The Labute approximate surface area is 120 Å². The highest BCUT2D eigenvalue weighted by Crippen LogP contribution is 2.28. The van der Waals surface area contributed by atoms with Crippen LogP contribution in [0.3, 0.4) is 0 Å². The van der Waals surface area contributed by atoms with Gasteiger partial charge in [0.15, 0.2) is 6.61 Å². The smallest absolute Gasteiger partial charge is 0.422 e. The largest absolute Gasteiger partial charge is 0.482 e. The fourth-order valence-corrected chi connectivity index (χ4v) is 2.19. The van der Waals surface area contributed by atoms with Gasteiger partial charge in [-0.05, 0) is 25.0 Å². The first kappa shape index (κ1) is 15.5. The number of hydrogen-bond donors (Lipinski definition) is 2. The van der Waals surface area contributed by atoms with Crippen molar-refractivity contribution < 1.29 is 22.7 Å². The predicted octanol–water partition coefficient (Wildman–Crippen LogP) is 2.71. The average Bonchev–Trinajstić information content (AvgIpc) is 2.61. The van der Waals surface area contributed by atoms with Crippen molar-refractivity contribution in [2.45, 2.75) is 31.5 Å². The van der Waals surface area contributed by atoms with Crippen LogP contribution in [0.5, 0.6) is 5.75 Å². The van der Waals surface area contributed by atoms with E-state index in [1.807, 2.05) is 0 Å². The van der Waals surface area contributed by atoms with Crippen LogP contribution in [0.2, 0.25) is 0 Å². The van der Waals surface area contributed by atoms with Crippen molar-refractivity contribution in [2.75, 3.05) is 18.5 Å². The van der Waals surface area contributed by atoms with Crippen LogP contribution in [0.25, 0.3) is 0 Å². The van der Waals surface area contributed by atoms with Crippen molar-refractivity contribution in [2.24, 2.45) is 0 Å². The fraction of sp³-hybridized carbons (Fsp3) is 0.500. The first-order valence-electron chi connectivity index (χ1n) is 6.76. The van der Waals surface area contributed by atoms with Gasteiger partial charge in [0.1, 0.15) is 5.75 Å². The lowest BCUT2D eigenvalue weighted by atomic mass is 10.1. The molecule has 1 saturated heterocycles. The lowest BCUT2D eigenvalue weighted by molar-refractivity contribution is -0.153. The molecule has 116 valence electrons. The molecule has 1 aromatic carbocycles. The van der Waals surface area contributed by atoms with Gasteiger partial charge in [0, 0.05) is 19.0 Å². The standard InChI is InChI=1S/C14H17F3N2O2/c15-14(16,17)9-21-12-6-2-1-5-11(12)19-10-4-3-7-18-13(20)8-10/h1-2,5-6,10,19H,3-4,7-9H2,(H,18,20)/t10-/m1/s1. The number of carbonyl (C=O) groups is 1. The fourth-order valence-electron chi connectivity index (χ4n) is 2.19. The van der Waals surface area contributed by atoms with Crippen LogP contribution in [0.1, 0.15) is 19.3 Å². The highest BCUT2D eigenvalue weighted by molar-refractivity contribution is 5.77. The molecular formula is C14H17F3N2O2. The summed E-state index contributed by atoms with van der Waals surface area (Å²) in [6, 6.07) is 6.33. The van der Waals surface area contributed by atoms with E-state index in [0.717, 1.165) is 12.8 Å². The quantitative estimate of drug-likeness (QED) is 0.899. The number of para-hydroxylation sites is 2. The van der Waals surface area contributed by atoms with Crippen molar-refractivity contribution >= 4 is 11.6 Å². The topological polar surface area (TPSA) is 50.4 Å². The SMILES string of the molecule is O=C1C[C@H](Nc2ccccc2OCC(F)(F)F)CCCN1. The van der Waals surface area contributed by atoms with Crippen LogP contribution in [0, 0.1) is 0 Å². The third-order valence-electron chi connectivity index (χ3n) is 3.12. The van der Waals surface area contributed by atoms with E-state index >= 15 is 0 Å². The van der Waals surface area contributed by atoms with Crippen molar-refractivity contribution in [1.82, 2.24) is 5.32 Å². The number of carbonyl (C=O) groups excluding carboxylic acids is 1. The van der Waals surface area contributed by atoms with E-state index in [2.05, 4.69) is 10.6 Å². The summed E-state index contributed by atoms with van der Waals surface area (Å²) in [6.07, 6.45) is -2.48. The van der Waals surface area contributed by atoms with E-state index in [1.165, 1.54) is 6.07 Å². The van der Waals surface area contributed by atoms with Crippen LogP contribution >= 0.6 is 0 Å². The van der Waals surface area contributed by atoms with E-state index in [0.29, 0.717) is 18.7 Å². The van der Waals surface area contributed by atoms with Crippen molar-refractivity contribution in [3.63, 3.8) is 0 Å². The third-order valence-corrected chi connectivity index (χ3v) is 3.12. The maximum Gasteiger partial charge on any atom is 0.422 e. The van der Waals surface area contributed by atoms with Crippen LogP contribution in [0.15, 0.2) is 24.3 Å². The number of alkyl halides is 3. The Hall–Kier alpha value is -1.92. The Morgan fingerprint density at radius 3 is 2.86 bits per heavy atom. The molecule has 1 fully saturated rings. The predicted molar refractivity (Wildman–Crippen MR) is 72.3 cm³/mol. The van der Waals surface area contributed by atoms with Gasteiger partial charge in [-0.3, -0.25) is 4.79 Å². The molecular weight excluding hydrogens is 285 g/mol. The molecule has 1 amide bonds. The molecule has 1 heterocycles. The normalized spacial score (nSPS) is 19.6. The molecule has 21 heavy (non-hydrogen) atoms. The highest BCUT2D eigenvalue weighted by atomic mass is 19.4. The first-order chi connectivity index (χ1) is 9.94. The summed E-state index contributed by atoms with van der Waals surface area (Å²) in [5, 5.41) is 5.86. The molecule has 0 aliphatic carbocycles. The second-order valence-electron chi connectivity index (χ2n) is 4.94. The summed E-state index contributed by atoms with van der Waals surface area (Å²) in [5.74, 6) is 0.0816. The maximum atomic E-state index is 12.2. The van der Waals surface area contributed by atoms with Gasteiger partial charge in [0.2, 0.25) is 5.91 Å². The number of hydrogen-bond acceptors (Lipinski definition) is 3. The number of anilines is 1. The third kappa shape index (κ3) is 5.17. The second kappa shape index (κ2) is 6.69. The van der Waals surface area contributed by atoms with Gasteiger partial charge in [0.25, 0.3) is 0 Å². The summed E-state index contributed by atoms with van der Waals surface area (Å²) in [4.78, 5) is 11.5. The molecule has 1 aliphatic heterocycles. The lowest BCUT2D eigenvalue weighted by Crippen LogP contribution is -2.27. The number of halogens is 3. The van der Waals surface area contributed by atoms with Gasteiger partial charge in [-0.1, -0.05) is 12.1 Å². The molecule has 0 unspecified atom stereocenters. The van der Waals surface area contributed by atoms with Crippen LogP contribution < -0.4 is 15.4 Å². The molecule has 0 bridgehead atoms. The van der Waals surface area contributed by atoms with Crippen molar-refractivity contribution in [3.05, 3.63) is 24.3 Å². The minimum atomic E-state index is -4.38. The van der Waals surface area contributed by atoms with Gasteiger partial charge in [0.05, 0.1) is 5.69 Å². The molecule has 2 N–H and O–H groups in total. The Balaban J connectivity index is 2.03. The van der Waals surface area contributed by atoms with E-state index in [4.69, 9.17) is 4.74 Å². The molecule has 0 radical (unpaired) electrons.